The highest BCUT2D eigenvalue weighted by Gasteiger charge is 2.35. The molecule has 2 aromatic rings. The molecule has 0 aliphatic carbocycles. The molecule has 0 N–H and O–H groups in total. The van der Waals surface area contributed by atoms with Gasteiger partial charge in [0.15, 0.2) is 5.03 Å². The van der Waals surface area contributed by atoms with Crippen molar-refractivity contribution in [1.29, 1.82) is 0 Å². The molecule has 9 nitrogen and oxygen atoms in total. The number of carbonyl (C=O) groups is 2. The molecular weight excluding hydrogens is 447 g/mol. The fraction of sp³-hybridized carbons (Fsp3) is 0.421. The maximum absolute atomic E-state index is 13.1. The molecule has 0 bridgehead atoms. The van der Waals surface area contributed by atoms with E-state index in [0.29, 0.717) is 36.9 Å². The molecule has 1 aromatic carbocycles. The molecule has 0 spiro atoms. The molecule has 2 aliphatic heterocycles. The van der Waals surface area contributed by atoms with E-state index in [1.807, 2.05) is 0 Å². The average Bonchev–Trinajstić information content (AvgIpc) is 3.30. The number of carbonyl (C=O) groups excluding carboxylic acids is 2. The van der Waals surface area contributed by atoms with Crippen LogP contribution in [-0.4, -0.2) is 91.8 Å². The van der Waals surface area contributed by atoms with Gasteiger partial charge in [-0.1, -0.05) is 0 Å². The van der Waals surface area contributed by atoms with Crippen LogP contribution in [0.5, 0.6) is 0 Å². The van der Waals surface area contributed by atoms with Gasteiger partial charge < -0.3 is 14.5 Å². The number of halogens is 1. The SMILES string of the molecule is O=C(C(=O)N1CCN(S(=O)(=O)c2csc(-c3ccc(F)cc3)n2)CC1)N1CCOCC1. The highest BCUT2D eigenvalue weighted by atomic mass is 32.2. The standard InChI is InChI=1S/C19H21FN4O5S2/c20-15-3-1-14(2-4-15)17-21-16(13-30-17)31(27,28)24-7-5-22(6-8-24)18(25)19(26)23-9-11-29-12-10-23/h1-4,13H,5-12H2. The third kappa shape index (κ3) is 4.61. The quantitative estimate of drug-likeness (QED) is 0.613. The monoisotopic (exact) mass is 468 g/mol. The molecule has 0 radical (unpaired) electrons. The number of piperazine rings is 1. The van der Waals surface area contributed by atoms with Crippen molar-refractivity contribution in [3.63, 3.8) is 0 Å². The summed E-state index contributed by atoms with van der Waals surface area (Å²) in [5.41, 5.74) is 0.630. The van der Waals surface area contributed by atoms with E-state index in [-0.39, 0.29) is 37.0 Å². The van der Waals surface area contributed by atoms with E-state index in [1.165, 1.54) is 31.6 Å². The van der Waals surface area contributed by atoms with Gasteiger partial charge in [0.2, 0.25) is 0 Å². The lowest BCUT2D eigenvalue weighted by atomic mass is 10.2. The maximum Gasteiger partial charge on any atom is 0.312 e. The molecule has 166 valence electrons. The first-order chi connectivity index (χ1) is 14.9. The Balaban J connectivity index is 1.39. The number of hydrogen-bond donors (Lipinski definition) is 0. The Labute approximate surface area is 183 Å². The molecule has 0 unspecified atom stereocenters. The lowest BCUT2D eigenvalue weighted by Gasteiger charge is -2.34. The molecule has 31 heavy (non-hydrogen) atoms. The van der Waals surface area contributed by atoms with Crippen molar-refractivity contribution in [2.45, 2.75) is 5.03 Å². The highest BCUT2D eigenvalue weighted by molar-refractivity contribution is 7.89. The average molecular weight is 469 g/mol. The number of amides is 2. The fourth-order valence-corrected chi connectivity index (χ4v) is 5.90. The molecule has 0 atom stereocenters. The van der Waals surface area contributed by atoms with Gasteiger partial charge in [0.05, 0.1) is 13.2 Å². The number of thiazole rings is 1. The summed E-state index contributed by atoms with van der Waals surface area (Å²) in [7, 11) is -3.84. The highest BCUT2D eigenvalue weighted by Crippen LogP contribution is 2.27. The van der Waals surface area contributed by atoms with Gasteiger partial charge in [-0.15, -0.1) is 11.3 Å². The first kappa shape index (κ1) is 21.8. The molecule has 2 fully saturated rings. The van der Waals surface area contributed by atoms with Crippen LogP contribution in [0.15, 0.2) is 34.7 Å². The van der Waals surface area contributed by atoms with Crippen molar-refractivity contribution in [3.05, 3.63) is 35.5 Å². The minimum atomic E-state index is -3.84. The molecule has 2 saturated heterocycles. The first-order valence-electron chi connectivity index (χ1n) is 9.74. The van der Waals surface area contributed by atoms with E-state index >= 15 is 0 Å². The Hall–Kier alpha value is -2.41. The summed E-state index contributed by atoms with van der Waals surface area (Å²) in [6, 6.07) is 5.67. The van der Waals surface area contributed by atoms with E-state index in [1.54, 1.807) is 12.1 Å². The van der Waals surface area contributed by atoms with E-state index in [9.17, 15) is 22.4 Å². The summed E-state index contributed by atoms with van der Waals surface area (Å²) in [6.07, 6.45) is 0. The first-order valence-corrected chi connectivity index (χ1v) is 12.1. The Kier molecular flexibility index (Phi) is 6.32. The van der Waals surface area contributed by atoms with Crippen LogP contribution in [0.25, 0.3) is 10.6 Å². The minimum absolute atomic E-state index is 0.0773. The van der Waals surface area contributed by atoms with Crippen molar-refractivity contribution >= 4 is 33.2 Å². The van der Waals surface area contributed by atoms with Gasteiger partial charge in [0, 0.05) is 50.2 Å². The predicted octanol–water partition coefficient (Wildman–Crippen LogP) is 0.641. The number of rotatable bonds is 3. The third-order valence-corrected chi connectivity index (χ3v) is 8.01. The van der Waals surface area contributed by atoms with Crippen molar-refractivity contribution in [2.75, 3.05) is 52.5 Å². The van der Waals surface area contributed by atoms with Gasteiger partial charge in [-0.3, -0.25) is 9.59 Å². The zero-order valence-corrected chi connectivity index (χ0v) is 18.2. The molecule has 1 aromatic heterocycles. The summed E-state index contributed by atoms with van der Waals surface area (Å²) >= 11 is 1.16. The van der Waals surface area contributed by atoms with E-state index in [0.717, 1.165) is 11.3 Å². The van der Waals surface area contributed by atoms with Gasteiger partial charge in [0.25, 0.3) is 10.0 Å². The Morgan fingerprint density at radius 3 is 2.13 bits per heavy atom. The van der Waals surface area contributed by atoms with Gasteiger partial charge in [-0.05, 0) is 24.3 Å². The van der Waals surface area contributed by atoms with Gasteiger partial charge >= 0.3 is 11.8 Å². The van der Waals surface area contributed by atoms with E-state index < -0.39 is 21.8 Å². The maximum atomic E-state index is 13.1. The fourth-order valence-electron chi connectivity index (χ4n) is 3.40. The molecule has 12 heteroatoms. The largest absolute Gasteiger partial charge is 0.378 e. The lowest BCUT2D eigenvalue weighted by molar-refractivity contribution is -0.154. The molecule has 4 rings (SSSR count). The van der Waals surface area contributed by atoms with E-state index in [2.05, 4.69) is 4.98 Å². The normalized spacial score (nSPS) is 18.2. The molecule has 0 saturated carbocycles. The number of benzene rings is 1. The van der Waals surface area contributed by atoms with Crippen LogP contribution in [0.1, 0.15) is 0 Å². The lowest BCUT2D eigenvalue weighted by Crippen LogP contribution is -2.55. The molecule has 2 aliphatic rings. The second kappa shape index (κ2) is 8.99. The summed E-state index contributed by atoms with van der Waals surface area (Å²) in [4.78, 5) is 31.9. The van der Waals surface area contributed by atoms with Crippen LogP contribution < -0.4 is 0 Å². The van der Waals surface area contributed by atoms with Crippen molar-refractivity contribution in [2.24, 2.45) is 0 Å². The van der Waals surface area contributed by atoms with Crippen LogP contribution in [0.3, 0.4) is 0 Å². The Bertz CT molecular complexity index is 1060. The number of ether oxygens (including phenoxy) is 1. The second-order valence-corrected chi connectivity index (χ2v) is 9.84. The van der Waals surface area contributed by atoms with Crippen molar-refractivity contribution in [3.8, 4) is 10.6 Å². The summed E-state index contributed by atoms with van der Waals surface area (Å²) < 4.78 is 45.5. The third-order valence-electron chi connectivity index (χ3n) is 5.19. The minimum Gasteiger partial charge on any atom is -0.378 e. The Morgan fingerprint density at radius 1 is 0.935 bits per heavy atom. The number of nitrogens with zero attached hydrogens (tertiary/aromatic N) is 4. The predicted molar refractivity (Wildman–Crippen MR) is 110 cm³/mol. The summed E-state index contributed by atoms with van der Waals surface area (Å²) in [5, 5.41) is 1.84. The summed E-state index contributed by atoms with van der Waals surface area (Å²) in [5.74, 6) is -1.58. The number of hydrogen-bond acceptors (Lipinski definition) is 7. The van der Waals surface area contributed by atoms with Crippen LogP contribution in [0, 0.1) is 5.82 Å². The zero-order chi connectivity index (χ0) is 22.0. The zero-order valence-electron chi connectivity index (χ0n) is 16.6. The van der Waals surface area contributed by atoms with Crippen molar-refractivity contribution in [1.82, 2.24) is 19.1 Å². The second-order valence-electron chi connectivity index (χ2n) is 7.10. The van der Waals surface area contributed by atoms with Crippen LogP contribution in [-0.2, 0) is 24.3 Å². The van der Waals surface area contributed by atoms with Gasteiger partial charge in [0.1, 0.15) is 10.8 Å². The molecular formula is C19H21FN4O5S2. The molecule has 3 heterocycles. The number of morpholine rings is 1. The van der Waals surface area contributed by atoms with Crippen LogP contribution >= 0.6 is 11.3 Å². The Morgan fingerprint density at radius 2 is 1.52 bits per heavy atom. The topological polar surface area (TPSA) is 100 Å². The molecule has 2 amide bonds. The smallest absolute Gasteiger partial charge is 0.312 e. The number of aromatic nitrogens is 1. The number of sulfonamides is 1. The van der Waals surface area contributed by atoms with Crippen molar-refractivity contribution < 1.29 is 27.1 Å². The van der Waals surface area contributed by atoms with Gasteiger partial charge in [-0.25, -0.2) is 17.8 Å². The van der Waals surface area contributed by atoms with Crippen LogP contribution in [0.2, 0.25) is 0 Å². The van der Waals surface area contributed by atoms with Crippen LogP contribution in [0.4, 0.5) is 4.39 Å². The summed E-state index contributed by atoms with van der Waals surface area (Å²) in [6.45, 7) is 1.96. The van der Waals surface area contributed by atoms with E-state index in [4.69, 9.17) is 4.74 Å². The van der Waals surface area contributed by atoms with Gasteiger partial charge in [-0.2, -0.15) is 4.31 Å².